The fourth-order valence-electron chi connectivity index (χ4n) is 3.26. The normalized spacial score (nSPS) is 10.9. The van der Waals surface area contributed by atoms with Crippen LogP contribution < -0.4 is 9.80 Å². The third-order valence-electron chi connectivity index (χ3n) is 5.17. The minimum atomic E-state index is -0.00163. The molecule has 3 aromatic rings. The number of carbonyl (C=O) groups excluding carboxylic acids is 1. The molecule has 1 amide bonds. The Hall–Kier alpha value is -2.15. The second-order valence-electron chi connectivity index (χ2n) is 7.39. The number of fused-ring (bicyclic) bond motifs is 1. The standard InChI is InChI=1S/C23H30N4OS.ClH/c1-6-26(7-2)14-15-27(22(28)18-9-11-19(12-10-18)25(4)5)23-24-20-13-8-17(3)16-21(20)29-23;/h8-13,16H,6-7,14-15H2,1-5H3;1H. The number of rotatable bonds is 8. The summed E-state index contributed by atoms with van der Waals surface area (Å²) in [6.07, 6.45) is 0. The van der Waals surface area contributed by atoms with Crippen LogP contribution in [0.2, 0.25) is 0 Å². The highest BCUT2D eigenvalue weighted by Gasteiger charge is 2.22. The molecule has 0 aliphatic carbocycles. The molecule has 0 N–H and O–H groups in total. The van der Waals surface area contributed by atoms with Crippen LogP contribution in [0.4, 0.5) is 10.8 Å². The van der Waals surface area contributed by atoms with E-state index in [-0.39, 0.29) is 18.3 Å². The Morgan fingerprint density at radius 2 is 1.67 bits per heavy atom. The van der Waals surface area contributed by atoms with Crippen molar-refractivity contribution in [3.05, 3.63) is 53.6 Å². The molecule has 3 rings (SSSR count). The molecule has 2 aromatic carbocycles. The lowest BCUT2D eigenvalue weighted by Gasteiger charge is -2.25. The minimum absolute atomic E-state index is 0. The van der Waals surface area contributed by atoms with Gasteiger partial charge in [0.05, 0.1) is 10.2 Å². The molecular weight excluding hydrogens is 416 g/mol. The summed E-state index contributed by atoms with van der Waals surface area (Å²) in [6, 6.07) is 14.0. The maximum Gasteiger partial charge on any atom is 0.260 e. The van der Waals surface area contributed by atoms with E-state index in [2.05, 4.69) is 37.8 Å². The Balaban J connectivity index is 0.00000320. The van der Waals surface area contributed by atoms with Crippen LogP contribution in [0.5, 0.6) is 0 Å². The zero-order chi connectivity index (χ0) is 21.0. The number of amides is 1. The van der Waals surface area contributed by atoms with E-state index in [1.807, 2.05) is 54.2 Å². The third-order valence-corrected chi connectivity index (χ3v) is 6.21. The molecule has 1 aromatic heterocycles. The lowest BCUT2D eigenvalue weighted by atomic mass is 10.1. The molecular formula is C23H31ClN4OS. The number of anilines is 2. The van der Waals surface area contributed by atoms with Crippen molar-refractivity contribution in [3.63, 3.8) is 0 Å². The van der Waals surface area contributed by atoms with Crippen molar-refractivity contribution in [1.82, 2.24) is 9.88 Å². The second kappa shape index (κ2) is 10.8. The van der Waals surface area contributed by atoms with Crippen LogP contribution in [0, 0.1) is 6.92 Å². The minimum Gasteiger partial charge on any atom is -0.378 e. The summed E-state index contributed by atoms with van der Waals surface area (Å²) >= 11 is 1.58. The molecule has 0 spiro atoms. The highest BCUT2D eigenvalue weighted by atomic mass is 35.5. The molecule has 162 valence electrons. The number of hydrogen-bond donors (Lipinski definition) is 0. The van der Waals surface area contributed by atoms with Gasteiger partial charge in [0, 0.05) is 38.4 Å². The van der Waals surface area contributed by atoms with Gasteiger partial charge in [0.2, 0.25) is 0 Å². The largest absolute Gasteiger partial charge is 0.378 e. The molecule has 0 bridgehead atoms. The smallest absolute Gasteiger partial charge is 0.260 e. The zero-order valence-corrected chi connectivity index (χ0v) is 20.0. The summed E-state index contributed by atoms with van der Waals surface area (Å²) in [4.78, 5) is 24.4. The van der Waals surface area contributed by atoms with E-state index in [9.17, 15) is 4.79 Å². The van der Waals surface area contributed by atoms with Crippen LogP contribution in [-0.4, -0.2) is 56.1 Å². The van der Waals surface area contributed by atoms with Crippen molar-refractivity contribution in [1.29, 1.82) is 0 Å². The van der Waals surface area contributed by atoms with E-state index >= 15 is 0 Å². The van der Waals surface area contributed by atoms with Crippen LogP contribution in [0.25, 0.3) is 10.2 Å². The molecule has 7 heteroatoms. The zero-order valence-electron chi connectivity index (χ0n) is 18.4. The number of benzene rings is 2. The van der Waals surface area contributed by atoms with Gasteiger partial charge in [-0.2, -0.15) is 0 Å². The predicted molar refractivity (Wildman–Crippen MR) is 132 cm³/mol. The Morgan fingerprint density at radius 1 is 1.00 bits per heavy atom. The van der Waals surface area contributed by atoms with E-state index in [1.165, 1.54) is 5.56 Å². The van der Waals surface area contributed by atoms with Crippen molar-refractivity contribution in [2.24, 2.45) is 0 Å². The van der Waals surface area contributed by atoms with Gasteiger partial charge in [-0.25, -0.2) is 4.98 Å². The molecule has 0 radical (unpaired) electrons. The number of nitrogens with zero attached hydrogens (tertiary/aromatic N) is 4. The monoisotopic (exact) mass is 446 g/mol. The summed E-state index contributed by atoms with van der Waals surface area (Å²) in [5, 5.41) is 0.763. The molecule has 5 nitrogen and oxygen atoms in total. The van der Waals surface area contributed by atoms with E-state index < -0.39 is 0 Å². The molecule has 0 aliphatic rings. The summed E-state index contributed by atoms with van der Waals surface area (Å²) in [5.74, 6) is -0.00163. The van der Waals surface area contributed by atoms with Crippen molar-refractivity contribution < 1.29 is 4.79 Å². The van der Waals surface area contributed by atoms with Gasteiger partial charge in [0.1, 0.15) is 0 Å². The maximum atomic E-state index is 13.4. The van der Waals surface area contributed by atoms with Crippen LogP contribution in [0.3, 0.4) is 0 Å². The van der Waals surface area contributed by atoms with Crippen LogP contribution in [-0.2, 0) is 0 Å². The number of halogens is 1. The van der Waals surface area contributed by atoms with E-state index in [4.69, 9.17) is 4.98 Å². The summed E-state index contributed by atoms with van der Waals surface area (Å²) in [6.45, 7) is 9.75. The molecule has 0 atom stereocenters. The molecule has 0 unspecified atom stereocenters. The fraction of sp³-hybridized carbons (Fsp3) is 0.391. The average molecular weight is 447 g/mol. The van der Waals surface area contributed by atoms with E-state index in [0.29, 0.717) is 12.1 Å². The van der Waals surface area contributed by atoms with Gasteiger partial charge in [-0.3, -0.25) is 9.69 Å². The quantitative estimate of drug-likeness (QED) is 0.483. The van der Waals surface area contributed by atoms with Crippen molar-refractivity contribution in [3.8, 4) is 0 Å². The van der Waals surface area contributed by atoms with Crippen LogP contribution in [0.1, 0.15) is 29.8 Å². The first-order valence-electron chi connectivity index (χ1n) is 10.1. The topological polar surface area (TPSA) is 39.7 Å². The molecule has 0 saturated carbocycles. The fourth-order valence-corrected chi connectivity index (χ4v) is 4.35. The number of hydrogen-bond acceptors (Lipinski definition) is 5. The van der Waals surface area contributed by atoms with Gasteiger partial charge in [-0.05, 0) is 62.0 Å². The van der Waals surface area contributed by atoms with Crippen molar-refractivity contribution >= 4 is 50.7 Å². The molecule has 30 heavy (non-hydrogen) atoms. The molecule has 0 saturated heterocycles. The van der Waals surface area contributed by atoms with Crippen molar-refractivity contribution in [2.45, 2.75) is 20.8 Å². The van der Waals surface area contributed by atoms with Gasteiger partial charge < -0.3 is 9.80 Å². The van der Waals surface area contributed by atoms with Gasteiger partial charge in [0.25, 0.3) is 5.91 Å². The van der Waals surface area contributed by atoms with Gasteiger partial charge in [-0.15, -0.1) is 12.4 Å². The lowest BCUT2D eigenvalue weighted by Crippen LogP contribution is -2.38. The van der Waals surface area contributed by atoms with Gasteiger partial charge in [0.15, 0.2) is 5.13 Å². The highest BCUT2D eigenvalue weighted by Crippen LogP contribution is 2.30. The maximum absolute atomic E-state index is 13.4. The number of aryl methyl sites for hydroxylation is 1. The number of thiazole rings is 1. The summed E-state index contributed by atoms with van der Waals surface area (Å²) in [5.41, 5.74) is 3.91. The molecule has 0 fully saturated rings. The first-order chi connectivity index (χ1) is 13.9. The van der Waals surface area contributed by atoms with Crippen molar-refractivity contribution in [2.75, 3.05) is 50.1 Å². The lowest BCUT2D eigenvalue weighted by molar-refractivity contribution is 0.0984. The molecule has 1 heterocycles. The van der Waals surface area contributed by atoms with Gasteiger partial charge >= 0.3 is 0 Å². The number of aromatic nitrogens is 1. The first-order valence-corrected chi connectivity index (χ1v) is 10.9. The molecule has 0 aliphatic heterocycles. The van der Waals surface area contributed by atoms with Gasteiger partial charge in [-0.1, -0.05) is 31.3 Å². The third kappa shape index (κ3) is 5.50. The highest BCUT2D eigenvalue weighted by molar-refractivity contribution is 7.22. The Kier molecular flexibility index (Phi) is 8.65. The summed E-state index contributed by atoms with van der Waals surface area (Å²) < 4.78 is 1.11. The Morgan fingerprint density at radius 3 is 2.27 bits per heavy atom. The first kappa shape index (κ1) is 24.1. The SMILES string of the molecule is CCN(CC)CCN(C(=O)c1ccc(N(C)C)cc1)c1nc2ccc(C)cc2s1.Cl. The van der Waals surface area contributed by atoms with E-state index in [0.717, 1.165) is 40.7 Å². The predicted octanol–water partition coefficient (Wildman–Crippen LogP) is 5.08. The van der Waals surface area contributed by atoms with E-state index in [1.54, 1.807) is 11.3 Å². The number of likely N-dealkylation sites (N-methyl/N-ethyl adjacent to an activating group) is 1. The summed E-state index contributed by atoms with van der Waals surface area (Å²) in [7, 11) is 3.99. The average Bonchev–Trinajstić information content (AvgIpc) is 3.13. The Labute approximate surface area is 189 Å². The van der Waals surface area contributed by atoms with Crippen LogP contribution in [0.15, 0.2) is 42.5 Å². The Bertz CT molecular complexity index is 967. The van der Waals surface area contributed by atoms with Crippen LogP contribution >= 0.6 is 23.7 Å². The second-order valence-corrected chi connectivity index (χ2v) is 8.40. The number of carbonyl (C=O) groups is 1.